The van der Waals surface area contributed by atoms with Crippen LogP contribution in [0.3, 0.4) is 0 Å². The van der Waals surface area contributed by atoms with Crippen LogP contribution in [0.4, 0.5) is 18.9 Å². The molecule has 0 unspecified atom stereocenters. The zero-order chi connectivity index (χ0) is 30.4. The van der Waals surface area contributed by atoms with Crippen LogP contribution in [-0.2, 0) is 20.8 Å². The van der Waals surface area contributed by atoms with Gasteiger partial charge in [0.25, 0.3) is 0 Å². The fourth-order valence-corrected chi connectivity index (χ4v) is 7.38. The summed E-state index contributed by atoms with van der Waals surface area (Å²) in [6.07, 6.45) is 1.28. The molecule has 0 spiro atoms. The van der Waals surface area contributed by atoms with E-state index in [2.05, 4.69) is 11.1 Å². The molecule has 3 aliphatic rings. The van der Waals surface area contributed by atoms with Gasteiger partial charge < -0.3 is 9.32 Å². The zero-order valence-corrected chi connectivity index (χ0v) is 24.3. The summed E-state index contributed by atoms with van der Waals surface area (Å²) >= 11 is 0. The van der Waals surface area contributed by atoms with E-state index in [9.17, 15) is 31.6 Å². The number of oxazole rings is 1. The maximum atomic E-state index is 13.5. The fourth-order valence-electron chi connectivity index (χ4n) is 6.18. The summed E-state index contributed by atoms with van der Waals surface area (Å²) in [6.45, 7) is 0.802. The van der Waals surface area contributed by atoms with Gasteiger partial charge in [-0.2, -0.15) is 18.4 Å². The fraction of sp³-hybridized carbons (Fsp3) is 0.484. The predicted octanol–water partition coefficient (Wildman–Crippen LogP) is 6.19. The van der Waals surface area contributed by atoms with Gasteiger partial charge in [0.05, 0.1) is 28.6 Å². The third-order valence-corrected chi connectivity index (χ3v) is 10.5. The molecule has 12 heteroatoms. The molecule has 2 aliphatic carbocycles. The lowest BCUT2D eigenvalue weighted by molar-refractivity contribution is -0.141. The molecule has 3 aromatic rings. The maximum Gasteiger partial charge on any atom is 0.433 e. The summed E-state index contributed by atoms with van der Waals surface area (Å²) in [5.74, 6) is 0.212. The number of carbonyl (C=O) groups is 1. The van der Waals surface area contributed by atoms with Gasteiger partial charge in [0.1, 0.15) is 22.9 Å². The number of nitrogens with zero attached hydrogens (tertiary/aromatic N) is 4. The van der Waals surface area contributed by atoms with E-state index >= 15 is 0 Å². The molecular formula is C31H31F3N4O4S. The van der Waals surface area contributed by atoms with Crippen LogP contribution in [0.2, 0.25) is 0 Å². The first-order valence-corrected chi connectivity index (χ1v) is 16.3. The van der Waals surface area contributed by atoms with E-state index in [0.717, 1.165) is 43.6 Å². The third kappa shape index (κ3) is 6.18. The Morgan fingerprint density at radius 1 is 1.05 bits per heavy atom. The number of rotatable bonds is 7. The lowest BCUT2D eigenvalue weighted by Gasteiger charge is -2.30. The highest BCUT2D eigenvalue weighted by Crippen LogP contribution is 2.51. The van der Waals surface area contributed by atoms with Gasteiger partial charge in [-0.3, -0.25) is 9.78 Å². The van der Waals surface area contributed by atoms with Crippen molar-refractivity contribution in [2.75, 3.05) is 29.5 Å². The van der Waals surface area contributed by atoms with E-state index in [-0.39, 0.29) is 47.0 Å². The Bertz CT molecular complexity index is 1640. The number of nitriles is 1. The molecule has 43 heavy (non-hydrogen) atoms. The van der Waals surface area contributed by atoms with E-state index in [0.29, 0.717) is 42.9 Å². The number of hydrogen-bond donors (Lipinski definition) is 0. The van der Waals surface area contributed by atoms with Crippen LogP contribution in [0.15, 0.2) is 47.0 Å². The van der Waals surface area contributed by atoms with Gasteiger partial charge >= 0.3 is 6.18 Å². The van der Waals surface area contributed by atoms with Crippen molar-refractivity contribution in [1.29, 1.82) is 5.26 Å². The average Bonchev–Trinajstić information content (AvgIpc) is 3.63. The minimum absolute atomic E-state index is 0.0410. The number of aromatic nitrogens is 2. The number of alkyl halides is 3. The highest BCUT2D eigenvalue weighted by molar-refractivity contribution is 7.91. The van der Waals surface area contributed by atoms with Crippen molar-refractivity contribution < 1.29 is 30.8 Å². The number of sulfone groups is 1. The number of benzene rings is 1. The van der Waals surface area contributed by atoms with Gasteiger partial charge in [-0.05, 0) is 49.9 Å². The van der Waals surface area contributed by atoms with Crippen LogP contribution in [0, 0.1) is 22.7 Å². The minimum atomic E-state index is -4.58. The quantitative estimate of drug-likeness (QED) is 0.310. The van der Waals surface area contributed by atoms with Crippen LogP contribution in [0.25, 0.3) is 22.7 Å². The number of ketones is 1. The monoisotopic (exact) mass is 612 g/mol. The van der Waals surface area contributed by atoms with E-state index in [1.54, 1.807) is 0 Å². The SMILES string of the molecule is N#CC1(CC(=O)[C@@H]2CCCC[C@H]2c2oc(-c3ccc(C(F)(F)F)nc3)nc2-c2ccc(N3CCS(=O)(=O)CC3)cc2)CC1. The second-order valence-electron chi connectivity index (χ2n) is 11.9. The highest BCUT2D eigenvalue weighted by atomic mass is 32.2. The molecule has 3 heterocycles. The van der Waals surface area contributed by atoms with Crippen LogP contribution in [0.1, 0.15) is 62.3 Å². The summed E-state index contributed by atoms with van der Waals surface area (Å²) in [5.41, 5.74) is 0.789. The Labute approximate surface area is 247 Å². The van der Waals surface area contributed by atoms with E-state index in [1.165, 1.54) is 6.07 Å². The first-order valence-electron chi connectivity index (χ1n) is 14.5. The molecule has 1 saturated heterocycles. The molecule has 6 rings (SSSR count). The summed E-state index contributed by atoms with van der Waals surface area (Å²) in [7, 11) is -3.03. The second kappa shape index (κ2) is 11.1. The van der Waals surface area contributed by atoms with Gasteiger partial charge in [0, 0.05) is 48.8 Å². The summed E-state index contributed by atoms with van der Waals surface area (Å²) < 4.78 is 69.5. The second-order valence-corrected chi connectivity index (χ2v) is 14.2. The van der Waals surface area contributed by atoms with Gasteiger partial charge in [-0.25, -0.2) is 13.4 Å². The van der Waals surface area contributed by atoms with Crippen LogP contribution in [0.5, 0.6) is 0 Å². The number of Topliss-reactive ketones (excluding diaryl/α,β-unsaturated/α-hetero) is 1. The van der Waals surface area contributed by atoms with Crippen LogP contribution >= 0.6 is 0 Å². The topological polar surface area (TPSA) is 117 Å². The first kappa shape index (κ1) is 29.4. The van der Waals surface area contributed by atoms with Crippen molar-refractivity contribution in [3.05, 3.63) is 54.0 Å². The van der Waals surface area contributed by atoms with E-state index < -0.39 is 27.1 Å². The largest absolute Gasteiger partial charge is 0.440 e. The van der Waals surface area contributed by atoms with Gasteiger partial charge in [0.2, 0.25) is 5.89 Å². The summed E-state index contributed by atoms with van der Waals surface area (Å²) in [4.78, 5) is 23.8. The molecule has 1 aliphatic heterocycles. The molecule has 8 nitrogen and oxygen atoms in total. The highest BCUT2D eigenvalue weighted by Gasteiger charge is 2.47. The Morgan fingerprint density at radius 2 is 1.72 bits per heavy atom. The molecule has 0 N–H and O–H groups in total. The lowest BCUT2D eigenvalue weighted by atomic mass is 9.73. The number of halogens is 3. The van der Waals surface area contributed by atoms with Crippen molar-refractivity contribution in [3.8, 4) is 28.8 Å². The third-order valence-electron chi connectivity index (χ3n) is 8.92. The van der Waals surface area contributed by atoms with Crippen LogP contribution < -0.4 is 4.90 Å². The van der Waals surface area contributed by atoms with Crippen molar-refractivity contribution in [3.63, 3.8) is 0 Å². The number of hydrogen-bond acceptors (Lipinski definition) is 8. The molecule has 0 radical (unpaired) electrons. The van der Waals surface area contributed by atoms with Crippen LogP contribution in [-0.4, -0.2) is 48.8 Å². The van der Waals surface area contributed by atoms with Crippen molar-refractivity contribution >= 4 is 21.3 Å². The maximum absolute atomic E-state index is 13.5. The minimum Gasteiger partial charge on any atom is -0.440 e. The zero-order valence-electron chi connectivity index (χ0n) is 23.4. The smallest absolute Gasteiger partial charge is 0.433 e. The van der Waals surface area contributed by atoms with Gasteiger partial charge in [0.15, 0.2) is 9.84 Å². The summed E-state index contributed by atoms with van der Waals surface area (Å²) in [5, 5.41) is 9.58. The normalized spacial score (nSPS) is 23.0. The molecule has 1 aromatic carbocycles. The Morgan fingerprint density at radius 3 is 2.33 bits per heavy atom. The average molecular weight is 613 g/mol. The molecule has 0 amide bonds. The standard InChI is InChI=1S/C31H31F3N4O4S/c32-31(33,34)26-10-7-21(18-36-26)29-37-27(20-5-8-22(9-6-20)38-13-15-43(40,41)16-14-38)28(42-29)24-4-2-1-3-23(24)25(39)17-30(19-35)11-12-30/h5-10,18,23-24H,1-4,11-17H2/t23-,24-/m1/s1. The van der Waals surface area contributed by atoms with Crippen molar-refractivity contribution in [2.24, 2.45) is 11.3 Å². The molecule has 2 atom stereocenters. The van der Waals surface area contributed by atoms with Gasteiger partial charge in [-0.1, -0.05) is 25.0 Å². The lowest BCUT2D eigenvalue weighted by Crippen LogP contribution is -2.40. The Hall–Kier alpha value is -3.72. The first-order chi connectivity index (χ1) is 20.5. The summed E-state index contributed by atoms with van der Waals surface area (Å²) in [6, 6.07) is 12.0. The molecular weight excluding hydrogens is 581 g/mol. The Kier molecular flexibility index (Phi) is 7.57. The molecule has 226 valence electrons. The number of anilines is 1. The number of pyridine rings is 1. The van der Waals surface area contributed by atoms with E-state index in [4.69, 9.17) is 9.40 Å². The van der Waals surface area contributed by atoms with E-state index in [1.807, 2.05) is 29.2 Å². The Balaban J connectivity index is 1.35. The number of carbonyl (C=O) groups excluding carboxylic acids is 1. The molecule has 0 bridgehead atoms. The molecule has 3 fully saturated rings. The van der Waals surface area contributed by atoms with Gasteiger partial charge in [-0.15, -0.1) is 0 Å². The van der Waals surface area contributed by atoms with Crippen molar-refractivity contribution in [1.82, 2.24) is 9.97 Å². The van der Waals surface area contributed by atoms with Crippen molar-refractivity contribution in [2.45, 2.75) is 57.0 Å². The molecule has 2 saturated carbocycles. The predicted molar refractivity (Wildman–Crippen MR) is 153 cm³/mol. The molecule has 2 aromatic heterocycles.